The molecule has 0 amide bonds. The van der Waals surface area contributed by atoms with E-state index >= 15 is 0 Å². The van der Waals surface area contributed by atoms with Gasteiger partial charge < -0.3 is 10.5 Å². The van der Waals surface area contributed by atoms with Gasteiger partial charge in [0, 0.05) is 0 Å². The number of nitrogens with two attached hydrogens (primary N) is 1. The molecule has 0 unspecified atom stereocenters. The van der Waals surface area contributed by atoms with Crippen LogP contribution in [0.25, 0.3) is 0 Å². The van der Waals surface area contributed by atoms with E-state index in [0.29, 0.717) is 22.9 Å². The van der Waals surface area contributed by atoms with Crippen molar-refractivity contribution in [3.05, 3.63) is 11.4 Å². The average molecular weight is 249 g/mol. The lowest BCUT2D eigenvalue weighted by Crippen LogP contribution is -2.29. The standard InChI is InChI=1S/C14H23N3O/c1-9-12(15)16-10(2)17-13(9)18-11-5-7-14(3,4)8-6-11/h11H,5-8H2,1-4H3,(H2,15,16,17). The zero-order valence-electron chi connectivity index (χ0n) is 11.8. The van der Waals surface area contributed by atoms with E-state index in [4.69, 9.17) is 10.5 Å². The summed E-state index contributed by atoms with van der Waals surface area (Å²) in [5, 5.41) is 0. The molecule has 0 spiro atoms. The highest BCUT2D eigenvalue weighted by atomic mass is 16.5. The molecule has 18 heavy (non-hydrogen) atoms. The second-order valence-electron chi connectivity index (χ2n) is 6.07. The molecule has 1 heterocycles. The molecule has 0 aliphatic heterocycles. The SMILES string of the molecule is Cc1nc(N)c(C)c(OC2CCC(C)(C)CC2)n1. The van der Waals surface area contributed by atoms with Crippen LogP contribution in [0.1, 0.15) is 50.9 Å². The predicted molar refractivity (Wildman–Crippen MR) is 72.6 cm³/mol. The number of aromatic nitrogens is 2. The number of anilines is 1. The zero-order chi connectivity index (χ0) is 13.3. The van der Waals surface area contributed by atoms with Gasteiger partial charge in [-0.15, -0.1) is 0 Å². The molecule has 1 fully saturated rings. The Morgan fingerprint density at radius 1 is 1.17 bits per heavy atom. The molecular weight excluding hydrogens is 226 g/mol. The Labute approximate surface area is 109 Å². The first-order valence-corrected chi connectivity index (χ1v) is 6.65. The fraction of sp³-hybridized carbons (Fsp3) is 0.714. The van der Waals surface area contributed by atoms with Crippen LogP contribution in [0.5, 0.6) is 5.88 Å². The van der Waals surface area contributed by atoms with Crippen LogP contribution >= 0.6 is 0 Å². The highest BCUT2D eigenvalue weighted by Crippen LogP contribution is 2.36. The molecule has 0 radical (unpaired) electrons. The fourth-order valence-electron chi connectivity index (χ4n) is 2.39. The van der Waals surface area contributed by atoms with Crippen molar-refractivity contribution in [1.29, 1.82) is 0 Å². The lowest BCUT2D eigenvalue weighted by molar-refractivity contribution is 0.0940. The quantitative estimate of drug-likeness (QED) is 0.875. The number of rotatable bonds is 2. The molecule has 1 aliphatic carbocycles. The van der Waals surface area contributed by atoms with Gasteiger partial charge in [-0.3, -0.25) is 0 Å². The van der Waals surface area contributed by atoms with E-state index < -0.39 is 0 Å². The second kappa shape index (κ2) is 4.75. The first-order valence-electron chi connectivity index (χ1n) is 6.65. The van der Waals surface area contributed by atoms with Gasteiger partial charge in [-0.1, -0.05) is 13.8 Å². The molecule has 4 heteroatoms. The molecule has 0 saturated heterocycles. The van der Waals surface area contributed by atoms with Gasteiger partial charge in [-0.05, 0) is 44.9 Å². The van der Waals surface area contributed by atoms with Crippen molar-refractivity contribution in [2.75, 3.05) is 5.73 Å². The van der Waals surface area contributed by atoms with Gasteiger partial charge in [0.25, 0.3) is 0 Å². The largest absolute Gasteiger partial charge is 0.474 e. The van der Waals surface area contributed by atoms with Crippen molar-refractivity contribution in [3.8, 4) is 5.88 Å². The van der Waals surface area contributed by atoms with Crippen LogP contribution in [0, 0.1) is 19.3 Å². The molecule has 1 aromatic rings. The number of ether oxygens (including phenoxy) is 1. The third-order valence-corrected chi connectivity index (χ3v) is 3.82. The van der Waals surface area contributed by atoms with Gasteiger partial charge >= 0.3 is 0 Å². The van der Waals surface area contributed by atoms with Crippen molar-refractivity contribution in [1.82, 2.24) is 9.97 Å². The van der Waals surface area contributed by atoms with Crippen LogP contribution in [-0.4, -0.2) is 16.1 Å². The zero-order valence-corrected chi connectivity index (χ0v) is 11.8. The minimum Gasteiger partial charge on any atom is -0.474 e. The highest BCUT2D eigenvalue weighted by Gasteiger charge is 2.28. The van der Waals surface area contributed by atoms with E-state index in [1.807, 2.05) is 13.8 Å². The first kappa shape index (κ1) is 13.1. The number of aryl methyl sites for hydroxylation is 1. The van der Waals surface area contributed by atoms with E-state index in [-0.39, 0.29) is 6.10 Å². The Bertz CT molecular complexity index is 433. The van der Waals surface area contributed by atoms with E-state index in [1.165, 1.54) is 12.8 Å². The van der Waals surface area contributed by atoms with Gasteiger partial charge in [-0.2, -0.15) is 4.98 Å². The molecular formula is C14H23N3O. The monoisotopic (exact) mass is 249 g/mol. The maximum Gasteiger partial charge on any atom is 0.222 e. The molecule has 100 valence electrons. The van der Waals surface area contributed by atoms with Gasteiger partial charge in [-0.25, -0.2) is 4.98 Å². The number of hydrogen-bond acceptors (Lipinski definition) is 4. The summed E-state index contributed by atoms with van der Waals surface area (Å²) in [5.74, 6) is 1.85. The van der Waals surface area contributed by atoms with Crippen LogP contribution < -0.4 is 10.5 Å². The smallest absolute Gasteiger partial charge is 0.222 e. The van der Waals surface area contributed by atoms with Crippen molar-refractivity contribution in [2.24, 2.45) is 5.41 Å². The molecule has 4 nitrogen and oxygen atoms in total. The highest BCUT2D eigenvalue weighted by molar-refractivity contribution is 5.44. The first-order chi connectivity index (χ1) is 8.37. The Morgan fingerprint density at radius 3 is 2.39 bits per heavy atom. The van der Waals surface area contributed by atoms with E-state index in [2.05, 4.69) is 23.8 Å². The summed E-state index contributed by atoms with van der Waals surface area (Å²) in [4.78, 5) is 8.49. The molecule has 0 atom stereocenters. The van der Waals surface area contributed by atoms with Crippen molar-refractivity contribution < 1.29 is 4.74 Å². The Morgan fingerprint density at radius 2 is 1.78 bits per heavy atom. The normalized spacial score (nSPS) is 19.8. The van der Waals surface area contributed by atoms with Crippen LogP contribution in [0.15, 0.2) is 0 Å². The van der Waals surface area contributed by atoms with Crippen LogP contribution in [0.2, 0.25) is 0 Å². The van der Waals surface area contributed by atoms with E-state index in [0.717, 1.165) is 18.4 Å². The Kier molecular flexibility index (Phi) is 3.46. The lowest BCUT2D eigenvalue weighted by Gasteiger charge is -2.34. The predicted octanol–water partition coefficient (Wildman–Crippen LogP) is 3.02. The van der Waals surface area contributed by atoms with Crippen molar-refractivity contribution >= 4 is 5.82 Å². The third-order valence-electron chi connectivity index (χ3n) is 3.82. The molecule has 2 N–H and O–H groups in total. The number of nitrogens with zero attached hydrogens (tertiary/aromatic N) is 2. The Hall–Kier alpha value is -1.32. The number of hydrogen-bond donors (Lipinski definition) is 1. The van der Waals surface area contributed by atoms with Gasteiger partial charge in [0.1, 0.15) is 17.7 Å². The van der Waals surface area contributed by atoms with E-state index in [9.17, 15) is 0 Å². The van der Waals surface area contributed by atoms with Crippen molar-refractivity contribution in [2.45, 2.75) is 59.5 Å². The third kappa shape index (κ3) is 2.92. The van der Waals surface area contributed by atoms with Crippen LogP contribution in [-0.2, 0) is 0 Å². The van der Waals surface area contributed by atoms with Gasteiger partial charge in [0.05, 0.1) is 5.56 Å². The van der Waals surface area contributed by atoms with Gasteiger partial charge in [0.2, 0.25) is 5.88 Å². The second-order valence-corrected chi connectivity index (χ2v) is 6.07. The summed E-state index contributed by atoms with van der Waals surface area (Å²) in [5.41, 5.74) is 7.14. The van der Waals surface area contributed by atoms with Crippen LogP contribution in [0.4, 0.5) is 5.82 Å². The summed E-state index contributed by atoms with van der Waals surface area (Å²) in [6, 6.07) is 0. The van der Waals surface area contributed by atoms with Gasteiger partial charge in [0.15, 0.2) is 0 Å². The summed E-state index contributed by atoms with van der Waals surface area (Å²) < 4.78 is 6.01. The molecule has 1 aliphatic rings. The summed E-state index contributed by atoms with van der Waals surface area (Å²) in [6.07, 6.45) is 4.86. The molecule has 1 aromatic heterocycles. The van der Waals surface area contributed by atoms with E-state index in [1.54, 1.807) is 0 Å². The maximum absolute atomic E-state index is 6.01. The topological polar surface area (TPSA) is 61.0 Å². The fourth-order valence-corrected chi connectivity index (χ4v) is 2.39. The molecule has 2 rings (SSSR count). The lowest BCUT2D eigenvalue weighted by atomic mass is 9.76. The minimum absolute atomic E-state index is 0.269. The maximum atomic E-state index is 6.01. The minimum atomic E-state index is 0.269. The summed E-state index contributed by atoms with van der Waals surface area (Å²) >= 11 is 0. The Balaban J connectivity index is 2.07. The van der Waals surface area contributed by atoms with Crippen molar-refractivity contribution in [3.63, 3.8) is 0 Å². The average Bonchev–Trinajstić information content (AvgIpc) is 2.28. The number of nitrogen functional groups attached to an aromatic ring is 1. The molecule has 0 aromatic carbocycles. The molecule has 1 saturated carbocycles. The molecule has 0 bridgehead atoms. The summed E-state index contributed by atoms with van der Waals surface area (Å²) in [6.45, 7) is 8.39. The van der Waals surface area contributed by atoms with Crippen LogP contribution in [0.3, 0.4) is 0 Å². The summed E-state index contributed by atoms with van der Waals surface area (Å²) in [7, 11) is 0.